The van der Waals surface area contributed by atoms with Gasteiger partial charge < -0.3 is 5.73 Å². The summed E-state index contributed by atoms with van der Waals surface area (Å²) in [6.45, 7) is 5.37. The lowest BCUT2D eigenvalue weighted by Gasteiger charge is -2.15. The second-order valence-electron chi connectivity index (χ2n) is 5.13. The molecule has 5 heteroatoms. The molecule has 0 aliphatic heterocycles. The molecule has 0 saturated heterocycles. The van der Waals surface area contributed by atoms with Crippen LogP contribution in [0.25, 0.3) is 0 Å². The molecule has 0 heterocycles. The standard InChI is InChI=1S/C14H18F3NO/c1-8(2)6-12(18)13(19)11-5-4-10(7-9(11)3)14(15,16)17/h4-5,7-8,12H,6,18H2,1-3H3. The van der Waals surface area contributed by atoms with Crippen molar-refractivity contribution in [3.63, 3.8) is 0 Å². The third kappa shape index (κ3) is 4.06. The average molecular weight is 273 g/mol. The van der Waals surface area contributed by atoms with Crippen molar-refractivity contribution in [3.05, 3.63) is 34.9 Å². The summed E-state index contributed by atoms with van der Waals surface area (Å²) < 4.78 is 37.6. The summed E-state index contributed by atoms with van der Waals surface area (Å²) >= 11 is 0. The quantitative estimate of drug-likeness (QED) is 0.852. The van der Waals surface area contributed by atoms with Gasteiger partial charge in [-0.2, -0.15) is 13.2 Å². The fraction of sp³-hybridized carbons (Fsp3) is 0.500. The van der Waals surface area contributed by atoms with E-state index in [1.54, 1.807) is 0 Å². The molecule has 0 aliphatic carbocycles. The highest BCUT2D eigenvalue weighted by molar-refractivity contribution is 6.01. The lowest BCUT2D eigenvalue weighted by atomic mass is 9.93. The van der Waals surface area contributed by atoms with E-state index in [-0.39, 0.29) is 17.3 Å². The molecular weight excluding hydrogens is 255 g/mol. The van der Waals surface area contributed by atoms with E-state index in [1.165, 1.54) is 13.0 Å². The zero-order valence-corrected chi connectivity index (χ0v) is 11.2. The second kappa shape index (κ2) is 5.74. The minimum absolute atomic E-state index is 0.258. The normalized spacial score (nSPS) is 13.7. The number of hydrogen-bond acceptors (Lipinski definition) is 2. The average Bonchev–Trinajstić information content (AvgIpc) is 2.25. The van der Waals surface area contributed by atoms with Gasteiger partial charge in [-0.3, -0.25) is 4.79 Å². The number of hydrogen-bond donors (Lipinski definition) is 1. The van der Waals surface area contributed by atoms with Crippen LogP contribution in [0.4, 0.5) is 13.2 Å². The van der Waals surface area contributed by atoms with Crippen molar-refractivity contribution in [2.75, 3.05) is 0 Å². The molecule has 0 bridgehead atoms. The van der Waals surface area contributed by atoms with Gasteiger partial charge in [0.15, 0.2) is 5.78 Å². The Morgan fingerprint density at radius 3 is 2.32 bits per heavy atom. The summed E-state index contributed by atoms with van der Waals surface area (Å²) in [5.41, 5.74) is 5.59. The Morgan fingerprint density at radius 1 is 1.32 bits per heavy atom. The van der Waals surface area contributed by atoms with Crippen LogP contribution in [0.5, 0.6) is 0 Å². The van der Waals surface area contributed by atoms with E-state index in [2.05, 4.69) is 0 Å². The van der Waals surface area contributed by atoms with Crippen LogP contribution in [0, 0.1) is 12.8 Å². The first-order valence-corrected chi connectivity index (χ1v) is 6.10. The van der Waals surface area contributed by atoms with E-state index in [4.69, 9.17) is 5.73 Å². The second-order valence-corrected chi connectivity index (χ2v) is 5.13. The van der Waals surface area contributed by atoms with Crippen LogP contribution in [-0.2, 0) is 6.18 Å². The predicted molar refractivity (Wildman–Crippen MR) is 67.9 cm³/mol. The Kier molecular flexibility index (Phi) is 4.74. The molecule has 2 nitrogen and oxygen atoms in total. The van der Waals surface area contributed by atoms with Crippen molar-refractivity contribution in [2.24, 2.45) is 11.7 Å². The Labute approximate surface area is 110 Å². The van der Waals surface area contributed by atoms with Crippen LogP contribution in [0.2, 0.25) is 0 Å². The fourth-order valence-corrected chi connectivity index (χ4v) is 1.93. The van der Waals surface area contributed by atoms with Crippen LogP contribution < -0.4 is 5.73 Å². The van der Waals surface area contributed by atoms with Gasteiger partial charge in [-0.05, 0) is 37.0 Å². The Morgan fingerprint density at radius 2 is 1.89 bits per heavy atom. The summed E-state index contributed by atoms with van der Waals surface area (Å²) in [5.74, 6) is -0.0476. The zero-order chi connectivity index (χ0) is 14.8. The van der Waals surface area contributed by atoms with E-state index in [1.807, 2.05) is 13.8 Å². The highest BCUT2D eigenvalue weighted by Gasteiger charge is 2.31. The molecule has 1 aromatic rings. The van der Waals surface area contributed by atoms with Gasteiger partial charge in [0.1, 0.15) is 0 Å². The molecule has 0 spiro atoms. The SMILES string of the molecule is Cc1cc(C(F)(F)F)ccc1C(=O)C(N)CC(C)C. The molecule has 2 N–H and O–H groups in total. The van der Waals surface area contributed by atoms with Crippen LogP contribution in [0.3, 0.4) is 0 Å². The van der Waals surface area contributed by atoms with Crippen molar-refractivity contribution < 1.29 is 18.0 Å². The van der Waals surface area contributed by atoms with Crippen LogP contribution >= 0.6 is 0 Å². The maximum atomic E-state index is 12.5. The van der Waals surface area contributed by atoms with E-state index >= 15 is 0 Å². The molecule has 1 atom stereocenters. The maximum absolute atomic E-state index is 12.5. The lowest BCUT2D eigenvalue weighted by molar-refractivity contribution is -0.137. The number of ketones is 1. The molecular formula is C14H18F3NO. The van der Waals surface area contributed by atoms with E-state index in [0.717, 1.165) is 12.1 Å². The number of alkyl halides is 3. The van der Waals surface area contributed by atoms with E-state index in [0.29, 0.717) is 12.0 Å². The number of carbonyl (C=O) groups is 1. The number of Topliss-reactive ketones (excluding diaryl/α,β-unsaturated/α-hetero) is 1. The lowest BCUT2D eigenvalue weighted by Crippen LogP contribution is -2.32. The molecule has 0 saturated carbocycles. The fourth-order valence-electron chi connectivity index (χ4n) is 1.93. The van der Waals surface area contributed by atoms with Crippen LogP contribution in [-0.4, -0.2) is 11.8 Å². The highest BCUT2D eigenvalue weighted by atomic mass is 19.4. The first-order valence-electron chi connectivity index (χ1n) is 6.10. The van der Waals surface area contributed by atoms with Gasteiger partial charge in [-0.25, -0.2) is 0 Å². The predicted octanol–water partition coefficient (Wildman–Crippen LogP) is 3.57. The number of carbonyl (C=O) groups excluding carboxylic acids is 1. The molecule has 1 unspecified atom stereocenters. The topological polar surface area (TPSA) is 43.1 Å². The van der Waals surface area contributed by atoms with Crippen molar-refractivity contribution in [3.8, 4) is 0 Å². The maximum Gasteiger partial charge on any atom is 0.416 e. The smallest absolute Gasteiger partial charge is 0.321 e. The van der Waals surface area contributed by atoms with Gasteiger partial charge in [0.05, 0.1) is 11.6 Å². The molecule has 0 amide bonds. The summed E-state index contributed by atoms with van der Waals surface area (Å²) in [7, 11) is 0. The molecule has 106 valence electrons. The molecule has 0 aliphatic rings. The Bertz CT molecular complexity index is 466. The van der Waals surface area contributed by atoms with Gasteiger partial charge in [-0.15, -0.1) is 0 Å². The summed E-state index contributed by atoms with van der Waals surface area (Å²) in [5, 5.41) is 0. The van der Waals surface area contributed by atoms with Gasteiger partial charge in [-0.1, -0.05) is 19.9 Å². The van der Waals surface area contributed by atoms with Gasteiger partial charge in [0.25, 0.3) is 0 Å². The van der Waals surface area contributed by atoms with Gasteiger partial charge in [0.2, 0.25) is 0 Å². The molecule has 0 radical (unpaired) electrons. The monoisotopic (exact) mass is 273 g/mol. The first kappa shape index (κ1) is 15.7. The first-order chi connectivity index (χ1) is 8.62. The highest BCUT2D eigenvalue weighted by Crippen LogP contribution is 2.30. The summed E-state index contributed by atoms with van der Waals surface area (Å²) in [6, 6.07) is 2.44. The number of rotatable bonds is 4. The Hall–Kier alpha value is -1.36. The number of halogens is 3. The van der Waals surface area contributed by atoms with Crippen molar-refractivity contribution in [2.45, 2.75) is 39.4 Å². The number of nitrogens with two attached hydrogens (primary N) is 1. The number of benzene rings is 1. The largest absolute Gasteiger partial charge is 0.416 e. The molecule has 0 fully saturated rings. The van der Waals surface area contributed by atoms with Crippen molar-refractivity contribution in [1.82, 2.24) is 0 Å². The van der Waals surface area contributed by atoms with E-state index in [9.17, 15) is 18.0 Å². The molecule has 1 aromatic carbocycles. The third-order valence-electron chi connectivity index (χ3n) is 2.88. The van der Waals surface area contributed by atoms with E-state index < -0.39 is 17.8 Å². The van der Waals surface area contributed by atoms with Crippen LogP contribution in [0.1, 0.15) is 41.8 Å². The summed E-state index contributed by atoms with van der Waals surface area (Å²) in [4.78, 5) is 12.1. The summed E-state index contributed by atoms with van der Waals surface area (Å²) in [6.07, 6.45) is -3.88. The third-order valence-corrected chi connectivity index (χ3v) is 2.88. The molecule has 0 aromatic heterocycles. The molecule has 19 heavy (non-hydrogen) atoms. The van der Waals surface area contributed by atoms with Gasteiger partial charge in [0, 0.05) is 5.56 Å². The minimum Gasteiger partial charge on any atom is -0.321 e. The zero-order valence-electron chi connectivity index (χ0n) is 11.2. The van der Waals surface area contributed by atoms with Crippen LogP contribution in [0.15, 0.2) is 18.2 Å². The van der Waals surface area contributed by atoms with Gasteiger partial charge >= 0.3 is 6.18 Å². The van der Waals surface area contributed by atoms with Crippen molar-refractivity contribution >= 4 is 5.78 Å². The number of aryl methyl sites for hydroxylation is 1. The molecule has 1 rings (SSSR count). The minimum atomic E-state index is -4.40. The van der Waals surface area contributed by atoms with Crippen molar-refractivity contribution in [1.29, 1.82) is 0 Å². The Balaban J connectivity index is 3.00.